The van der Waals surface area contributed by atoms with E-state index in [9.17, 15) is 0 Å². The molecule has 0 spiro atoms. The number of guanidine groups is 1. The van der Waals surface area contributed by atoms with Crippen LogP contribution in [0.25, 0.3) is 0 Å². The van der Waals surface area contributed by atoms with Gasteiger partial charge in [0.15, 0.2) is 5.96 Å². The fraction of sp³-hybridized carbons (Fsp3) is 0.533. The molecule has 0 heterocycles. The van der Waals surface area contributed by atoms with E-state index in [2.05, 4.69) is 27.6 Å². The van der Waals surface area contributed by atoms with Gasteiger partial charge in [0.2, 0.25) is 0 Å². The monoisotopic (exact) mass is 440 g/mol. The van der Waals surface area contributed by atoms with Gasteiger partial charge in [0.25, 0.3) is 0 Å². The molecule has 0 aliphatic heterocycles. The Bertz CT molecular complexity index is 445. The molecule has 7 heteroatoms. The van der Waals surface area contributed by atoms with Gasteiger partial charge >= 0.3 is 0 Å². The molecule has 1 aromatic carbocycles. The first-order valence-corrected chi connectivity index (χ1v) is 7.40. The number of nitrogens with one attached hydrogen (secondary N) is 2. The second-order valence-electron chi connectivity index (χ2n) is 4.74. The summed E-state index contributed by atoms with van der Waals surface area (Å²) in [5.74, 6) is 0.773. The van der Waals surface area contributed by atoms with Crippen LogP contribution in [0.4, 0.5) is 0 Å². The summed E-state index contributed by atoms with van der Waals surface area (Å²) in [4.78, 5) is 6.41. The van der Waals surface area contributed by atoms with Crippen LogP contribution in [0, 0.1) is 0 Å². The van der Waals surface area contributed by atoms with Gasteiger partial charge < -0.3 is 20.3 Å². The summed E-state index contributed by atoms with van der Waals surface area (Å²) in [5, 5.41) is 7.30. The summed E-state index contributed by atoms with van der Waals surface area (Å²) in [6.45, 7) is 4.07. The van der Waals surface area contributed by atoms with Crippen molar-refractivity contribution in [1.82, 2.24) is 15.5 Å². The number of methoxy groups -OCH3 is 1. The minimum Gasteiger partial charge on any atom is -0.383 e. The molecular weight excluding hydrogens is 415 g/mol. The van der Waals surface area contributed by atoms with Crippen molar-refractivity contribution in [2.45, 2.75) is 6.54 Å². The molecular formula is C15H26ClIN4O. The molecule has 126 valence electrons. The lowest BCUT2D eigenvalue weighted by Crippen LogP contribution is -2.41. The SMILES string of the molecule is CN=C(NCCN(C)CCOC)NCc1ccccc1Cl.I. The lowest BCUT2D eigenvalue weighted by molar-refractivity contribution is 0.162. The Morgan fingerprint density at radius 2 is 2.00 bits per heavy atom. The lowest BCUT2D eigenvalue weighted by Gasteiger charge is -2.18. The van der Waals surface area contributed by atoms with Crippen LogP contribution in [0.2, 0.25) is 5.02 Å². The van der Waals surface area contributed by atoms with Gasteiger partial charge in [-0.1, -0.05) is 29.8 Å². The Labute approximate surface area is 155 Å². The fourth-order valence-corrected chi connectivity index (χ4v) is 1.97. The molecule has 0 unspecified atom stereocenters. The van der Waals surface area contributed by atoms with Gasteiger partial charge in [0, 0.05) is 45.4 Å². The second kappa shape index (κ2) is 12.9. The van der Waals surface area contributed by atoms with Crippen molar-refractivity contribution in [1.29, 1.82) is 0 Å². The van der Waals surface area contributed by atoms with Crippen LogP contribution in [-0.2, 0) is 11.3 Å². The molecule has 22 heavy (non-hydrogen) atoms. The lowest BCUT2D eigenvalue weighted by atomic mass is 10.2. The van der Waals surface area contributed by atoms with E-state index < -0.39 is 0 Å². The van der Waals surface area contributed by atoms with Gasteiger partial charge in [-0.25, -0.2) is 0 Å². The van der Waals surface area contributed by atoms with E-state index in [0.29, 0.717) is 6.54 Å². The number of likely N-dealkylation sites (N-methyl/N-ethyl adjacent to an activating group) is 1. The van der Waals surface area contributed by atoms with Gasteiger partial charge in [0.05, 0.1) is 6.61 Å². The number of hydrogen-bond donors (Lipinski definition) is 2. The van der Waals surface area contributed by atoms with E-state index in [1.54, 1.807) is 14.2 Å². The maximum atomic E-state index is 6.13. The van der Waals surface area contributed by atoms with E-state index in [1.165, 1.54) is 0 Å². The Hall–Kier alpha value is -0.570. The third-order valence-electron chi connectivity index (χ3n) is 3.09. The summed E-state index contributed by atoms with van der Waals surface area (Å²) in [6, 6.07) is 7.79. The predicted octanol–water partition coefficient (Wildman–Crippen LogP) is 2.20. The maximum Gasteiger partial charge on any atom is 0.191 e. The van der Waals surface area contributed by atoms with Crippen molar-refractivity contribution < 1.29 is 4.74 Å². The standard InChI is InChI=1S/C15H25ClN4O.HI/c1-17-15(18-8-9-20(2)10-11-21-3)19-12-13-6-4-5-7-14(13)16;/h4-7H,8-12H2,1-3H3,(H2,17,18,19);1H. The molecule has 0 atom stereocenters. The molecule has 0 bridgehead atoms. The molecule has 0 radical (unpaired) electrons. The van der Waals surface area contributed by atoms with E-state index in [4.69, 9.17) is 16.3 Å². The molecule has 0 amide bonds. The first-order valence-electron chi connectivity index (χ1n) is 7.02. The third kappa shape index (κ3) is 8.77. The smallest absolute Gasteiger partial charge is 0.191 e. The zero-order valence-corrected chi connectivity index (χ0v) is 16.5. The van der Waals surface area contributed by atoms with Crippen LogP contribution in [-0.4, -0.2) is 58.3 Å². The first-order chi connectivity index (χ1) is 10.2. The van der Waals surface area contributed by atoms with Crippen molar-refractivity contribution in [2.75, 3.05) is 47.4 Å². The van der Waals surface area contributed by atoms with Gasteiger partial charge in [-0.2, -0.15) is 0 Å². The molecule has 1 rings (SSSR count). The number of rotatable bonds is 8. The molecule has 0 aliphatic rings. The van der Waals surface area contributed by atoms with Crippen LogP contribution in [0.1, 0.15) is 5.56 Å². The van der Waals surface area contributed by atoms with Crippen LogP contribution < -0.4 is 10.6 Å². The fourth-order valence-electron chi connectivity index (χ4n) is 1.77. The molecule has 0 fully saturated rings. The zero-order chi connectivity index (χ0) is 15.5. The average Bonchev–Trinajstić information content (AvgIpc) is 2.50. The van der Waals surface area contributed by atoms with Gasteiger partial charge in [-0.15, -0.1) is 24.0 Å². The average molecular weight is 441 g/mol. The number of halogens is 2. The summed E-state index contributed by atoms with van der Waals surface area (Å²) in [7, 11) is 5.55. The number of ether oxygens (including phenoxy) is 1. The molecule has 0 aromatic heterocycles. The number of hydrogen-bond acceptors (Lipinski definition) is 3. The van der Waals surface area contributed by atoms with E-state index in [1.807, 2.05) is 24.3 Å². The molecule has 0 saturated heterocycles. The van der Waals surface area contributed by atoms with Crippen molar-refractivity contribution in [3.05, 3.63) is 34.9 Å². The van der Waals surface area contributed by atoms with Crippen molar-refractivity contribution in [3.8, 4) is 0 Å². The third-order valence-corrected chi connectivity index (χ3v) is 3.46. The van der Waals surface area contributed by atoms with Crippen LogP contribution in [0.5, 0.6) is 0 Å². The number of nitrogens with zero attached hydrogens (tertiary/aromatic N) is 2. The summed E-state index contributed by atoms with van der Waals surface area (Å²) >= 11 is 6.13. The summed E-state index contributed by atoms with van der Waals surface area (Å²) in [5.41, 5.74) is 1.05. The molecule has 0 aliphatic carbocycles. The summed E-state index contributed by atoms with van der Waals surface area (Å²) in [6.07, 6.45) is 0. The Morgan fingerprint density at radius 1 is 1.27 bits per heavy atom. The van der Waals surface area contributed by atoms with Crippen molar-refractivity contribution >= 4 is 41.5 Å². The van der Waals surface area contributed by atoms with Gasteiger partial charge in [-0.3, -0.25) is 4.99 Å². The highest BCUT2D eigenvalue weighted by Gasteiger charge is 2.02. The van der Waals surface area contributed by atoms with Crippen LogP contribution >= 0.6 is 35.6 Å². The Balaban J connectivity index is 0.00000441. The molecule has 1 aromatic rings. The first kappa shape index (κ1) is 21.4. The normalized spacial score (nSPS) is 11.2. The molecule has 2 N–H and O–H groups in total. The summed E-state index contributed by atoms with van der Waals surface area (Å²) < 4.78 is 5.05. The van der Waals surface area contributed by atoms with Crippen molar-refractivity contribution in [3.63, 3.8) is 0 Å². The number of aliphatic imine (C=N–C) groups is 1. The van der Waals surface area contributed by atoms with E-state index in [0.717, 1.165) is 42.8 Å². The maximum absolute atomic E-state index is 6.13. The quantitative estimate of drug-likeness (QED) is 0.370. The highest BCUT2D eigenvalue weighted by Crippen LogP contribution is 2.13. The predicted molar refractivity (Wildman–Crippen MR) is 104 cm³/mol. The van der Waals surface area contributed by atoms with E-state index >= 15 is 0 Å². The highest BCUT2D eigenvalue weighted by molar-refractivity contribution is 14.0. The Morgan fingerprint density at radius 3 is 2.64 bits per heavy atom. The van der Waals surface area contributed by atoms with Gasteiger partial charge in [-0.05, 0) is 18.7 Å². The largest absolute Gasteiger partial charge is 0.383 e. The van der Waals surface area contributed by atoms with Gasteiger partial charge in [0.1, 0.15) is 0 Å². The Kier molecular flexibility index (Phi) is 12.6. The number of benzene rings is 1. The van der Waals surface area contributed by atoms with Crippen LogP contribution in [0.15, 0.2) is 29.3 Å². The van der Waals surface area contributed by atoms with Crippen molar-refractivity contribution in [2.24, 2.45) is 4.99 Å². The molecule has 0 saturated carbocycles. The van der Waals surface area contributed by atoms with Crippen LogP contribution in [0.3, 0.4) is 0 Å². The minimum atomic E-state index is 0. The second-order valence-corrected chi connectivity index (χ2v) is 5.15. The topological polar surface area (TPSA) is 48.9 Å². The zero-order valence-electron chi connectivity index (χ0n) is 13.4. The highest BCUT2D eigenvalue weighted by atomic mass is 127. The molecule has 5 nitrogen and oxygen atoms in total. The minimum absolute atomic E-state index is 0. The van der Waals surface area contributed by atoms with E-state index in [-0.39, 0.29) is 24.0 Å².